The molecule has 1 aliphatic rings. The summed E-state index contributed by atoms with van der Waals surface area (Å²) in [5, 5.41) is 0.769. The Hall–Kier alpha value is -1.64. The van der Waals surface area contributed by atoms with Gasteiger partial charge in [0.25, 0.3) is 5.56 Å². The average Bonchev–Trinajstić information content (AvgIpc) is 2.89. The fourth-order valence-electron chi connectivity index (χ4n) is 2.35. The zero-order valence-corrected chi connectivity index (χ0v) is 11.4. The molecular weight excluding hydrogens is 224 g/mol. The summed E-state index contributed by atoms with van der Waals surface area (Å²) in [5.41, 5.74) is 2.17. The molecule has 3 nitrogen and oxygen atoms in total. The maximum atomic E-state index is 12.2. The van der Waals surface area contributed by atoms with Crippen molar-refractivity contribution in [3.8, 4) is 0 Å². The molecule has 0 saturated carbocycles. The Balaban J connectivity index is 0.000000574. The predicted molar refractivity (Wildman–Crippen MR) is 75.1 cm³/mol. The summed E-state index contributed by atoms with van der Waals surface area (Å²) in [5.74, 6) is 0.946. The minimum atomic E-state index is 0.132. The lowest BCUT2D eigenvalue weighted by Crippen LogP contribution is -2.20. The summed E-state index contributed by atoms with van der Waals surface area (Å²) >= 11 is 0. The molecule has 96 valence electrons. The van der Waals surface area contributed by atoms with Gasteiger partial charge < -0.3 is 0 Å². The molecule has 2 heterocycles. The van der Waals surface area contributed by atoms with E-state index in [-0.39, 0.29) is 5.56 Å². The number of rotatable bonds is 1. The molecule has 3 rings (SSSR count). The summed E-state index contributed by atoms with van der Waals surface area (Å²) in [7, 11) is 0. The molecule has 3 heteroatoms. The largest absolute Gasteiger partial charge is 0.296 e. The number of nitrogens with zero attached hydrogens (tertiary/aromatic N) is 2. The van der Waals surface area contributed by atoms with Gasteiger partial charge in [0.1, 0.15) is 5.82 Å². The molecule has 0 atom stereocenters. The van der Waals surface area contributed by atoms with Gasteiger partial charge >= 0.3 is 0 Å². The topological polar surface area (TPSA) is 34.9 Å². The van der Waals surface area contributed by atoms with Crippen LogP contribution in [0.4, 0.5) is 0 Å². The molecule has 1 aromatic heterocycles. The van der Waals surface area contributed by atoms with Gasteiger partial charge in [-0.3, -0.25) is 9.36 Å². The molecule has 0 bridgehead atoms. The van der Waals surface area contributed by atoms with Crippen molar-refractivity contribution < 1.29 is 0 Å². The molecule has 1 aliphatic heterocycles. The van der Waals surface area contributed by atoms with Gasteiger partial charge in [-0.1, -0.05) is 26.8 Å². The quantitative estimate of drug-likeness (QED) is 0.773. The zero-order valence-electron chi connectivity index (χ0n) is 11.4. The van der Waals surface area contributed by atoms with Gasteiger partial charge in [0, 0.05) is 13.0 Å². The number of hydrogen-bond acceptors (Lipinski definition) is 2. The Bertz CT molecular complexity index is 614. The smallest absolute Gasteiger partial charge is 0.261 e. The second-order valence-corrected chi connectivity index (χ2v) is 4.29. The summed E-state index contributed by atoms with van der Waals surface area (Å²) < 4.78 is 1.82. The highest BCUT2D eigenvalue weighted by Gasteiger charge is 2.15. The third-order valence-corrected chi connectivity index (χ3v) is 3.29. The molecule has 0 fully saturated rings. The van der Waals surface area contributed by atoms with Gasteiger partial charge in [-0.25, -0.2) is 4.98 Å². The molecule has 0 saturated heterocycles. The number of benzene rings is 1. The zero-order chi connectivity index (χ0) is 13.1. The first-order valence-corrected chi connectivity index (χ1v) is 6.82. The maximum Gasteiger partial charge on any atom is 0.261 e. The third kappa shape index (κ3) is 2.05. The van der Waals surface area contributed by atoms with Crippen LogP contribution in [0, 0.1) is 0 Å². The Morgan fingerprint density at radius 1 is 1.33 bits per heavy atom. The lowest BCUT2D eigenvalue weighted by atomic mass is 10.1. The summed E-state index contributed by atoms with van der Waals surface area (Å²) in [6.07, 6.45) is 2.93. The molecule has 0 amide bonds. The monoisotopic (exact) mass is 244 g/mol. The first kappa shape index (κ1) is 12.8. The Morgan fingerprint density at radius 3 is 2.83 bits per heavy atom. The van der Waals surface area contributed by atoms with Gasteiger partial charge in [-0.15, -0.1) is 0 Å². The molecule has 2 aromatic rings. The van der Waals surface area contributed by atoms with E-state index in [1.165, 1.54) is 5.56 Å². The van der Waals surface area contributed by atoms with Crippen molar-refractivity contribution >= 4 is 10.9 Å². The Kier molecular flexibility index (Phi) is 3.80. The molecule has 0 aliphatic carbocycles. The summed E-state index contributed by atoms with van der Waals surface area (Å²) in [4.78, 5) is 16.8. The second kappa shape index (κ2) is 5.34. The minimum absolute atomic E-state index is 0.132. The van der Waals surface area contributed by atoms with Crippen LogP contribution in [0.3, 0.4) is 0 Å². The van der Waals surface area contributed by atoms with Crippen molar-refractivity contribution in [3.63, 3.8) is 0 Å². The number of fused-ring (bicyclic) bond motifs is 2. The van der Waals surface area contributed by atoms with E-state index in [0.717, 1.165) is 42.5 Å². The van der Waals surface area contributed by atoms with Crippen molar-refractivity contribution in [2.75, 3.05) is 0 Å². The first-order valence-electron chi connectivity index (χ1n) is 6.82. The maximum absolute atomic E-state index is 12.2. The SMILES string of the molecule is CC.CCc1ccc2nc3n(c(=O)c2c1)CCC3. The van der Waals surface area contributed by atoms with Crippen molar-refractivity contribution in [2.45, 2.75) is 46.6 Å². The summed E-state index contributed by atoms with van der Waals surface area (Å²) in [6.45, 7) is 6.92. The van der Waals surface area contributed by atoms with Crippen molar-refractivity contribution in [2.24, 2.45) is 0 Å². The van der Waals surface area contributed by atoms with Gasteiger partial charge in [-0.2, -0.15) is 0 Å². The van der Waals surface area contributed by atoms with E-state index < -0.39 is 0 Å². The summed E-state index contributed by atoms with van der Waals surface area (Å²) in [6, 6.07) is 6.01. The van der Waals surface area contributed by atoms with E-state index in [9.17, 15) is 4.79 Å². The van der Waals surface area contributed by atoms with Crippen molar-refractivity contribution in [3.05, 3.63) is 39.9 Å². The molecule has 0 spiro atoms. The van der Waals surface area contributed by atoms with Crippen LogP contribution in [0.15, 0.2) is 23.0 Å². The van der Waals surface area contributed by atoms with Gasteiger partial charge in [0.15, 0.2) is 0 Å². The molecule has 0 unspecified atom stereocenters. The molecule has 1 aromatic carbocycles. The van der Waals surface area contributed by atoms with Gasteiger partial charge in [0.2, 0.25) is 0 Å². The van der Waals surface area contributed by atoms with E-state index in [1.54, 1.807) is 0 Å². The molecule has 0 radical (unpaired) electrons. The number of hydrogen-bond donors (Lipinski definition) is 0. The van der Waals surface area contributed by atoms with Crippen molar-refractivity contribution in [1.82, 2.24) is 9.55 Å². The molecule has 0 N–H and O–H groups in total. The predicted octanol–water partition coefficient (Wildman–Crippen LogP) is 2.93. The van der Waals surface area contributed by atoms with Crippen LogP contribution in [0.25, 0.3) is 10.9 Å². The number of aromatic nitrogens is 2. The van der Waals surface area contributed by atoms with E-state index in [0.29, 0.717) is 0 Å². The van der Waals surface area contributed by atoms with Crippen LogP contribution >= 0.6 is 0 Å². The second-order valence-electron chi connectivity index (χ2n) is 4.29. The van der Waals surface area contributed by atoms with E-state index in [4.69, 9.17) is 0 Å². The normalized spacial score (nSPS) is 13.1. The average molecular weight is 244 g/mol. The van der Waals surface area contributed by atoms with E-state index >= 15 is 0 Å². The van der Waals surface area contributed by atoms with Crippen LogP contribution in [0.5, 0.6) is 0 Å². The number of aryl methyl sites for hydroxylation is 2. The van der Waals surface area contributed by atoms with Crippen LogP contribution in [-0.2, 0) is 19.4 Å². The van der Waals surface area contributed by atoms with E-state index in [2.05, 4.69) is 18.0 Å². The van der Waals surface area contributed by atoms with Crippen LogP contribution in [0.1, 0.15) is 38.6 Å². The van der Waals surface area contributed by atoms with E-state index in [1.807, 2.05) is 30.5 Å². The fraction of sp³-hybridized carbons (Fsp3) is 0.467. The lowest BCUT2D eigenvalue weighted by molar-refractivity contribution is 0.719. The molecular formula is C15H20N2O. The highest BCUT2D eigenvalue weighted by molar-refractivity contribution is 5.78. The highest BCUT2D eigenvalue weighted by Crippen LogP contribution is 2.16. The fourth-order valence-corrected chi connectivity index (χ4v) is 2.35. The van der Waals surface area contributed by atoms with Crippen LogP contribution in [0.2, 0.25) is 0 Å². The third-order valence-electron chi connectivity index (χ3n) is 3.29. The van der Waals surface area contributed by atoms with Gasteiger partial charge in [-0.05, 0) is 30.5 Å². The van der Waals surface area contributed by atoms with Crippen LogP contribution < -0.4 is 5.56 Å². The minimum Gasteiger partial charge on any atom is -0.296 e. The van der Waals surface area contributed by atoms with Gasteiger partial charge in [0.05, 0.1) is 10.9 Å². The van der Waals surface area contributed by atoms with Crippen molar-refractivity contribution in [1.29, 1.82) is 0 Å². The Labute approximate surface area is 107 Å². The molecule has 18 heavy (non-hydrogen) atoms. The standard InChI is InChI=1S/C13H14N2O.C2H6/c1-2-9-5-6-11-10(8-9)13(16)15-7-3-4-12(15)14-11;1-2/h5-6,8H,2-4,7H2,1H3;1-2H3. The Morgan fingerprint density at radius 2 is 2.11 bits per heavy atom. The lowest BCUT2D eigenvalue weighted by Gasteiger charge is -2.05. The highest BCUT2D eigenvalue weighted by atomic mass is 16.1. The van der Waals surface area contributed by atoms with Crippen LogP contribution in [-0.4, -0.2) is 9.55 Å². The first-order chi connectivity index (χ1) is 8.79.